The van der Waals surface area contributed by atoms with Crippen molar-refractivity contribution in [1.29, 1.82) is 0 Å². The van der Waals surface area contributed by atoms with E-state index >= 15 is 0 Å². The van der Waals surface area contributed by atoms with Crippen LogP contribution >= 0.6 is 0 Å². The molecule has 1 aromatic heterocycles. The highest BCUT2D eigenvalue weighted by Crippen LogP contribution is 2.28. The number of nitrogens with one attached hydrogen (secondary N) is 1. The van der Waals surface area contributed by atoms with Gasteiger partial charge >= 0.3 is 11.9 Å². The van der Waals surface area contributed by atoms with Crippen molar-refractivity contribution in [2.45, 2.75) is 32.2 Å². The fraction of sp³-hybridized carbons (Fsp3) is 0.538. The molecule has 108 valence electrons. The Morgan fingerprint density at radius 1 is 1.40 bits per heavy atom. The van der Waals surface area contributed by atoms with E-state index in [1.54, 1.807) is 13.0 Å². The van der Waals surface area contributed by atoms with Gasteiger partial charge in [-0.2, -0.15) is 0 Å². The predicted octanol–water partition coefficient (Wildman–Crippen LogP) is 1.24. The minimum atomic E-state index is -0.761. The SMILES string of the molecule is COC(=O)c1nc(C)cc(N[C@H]2CC[C@@H](C(=O)O)C2)n1. The number of methoxy groups -OCH3 is 1. The van der Waals surface area contributed by atoms with E-state index in [2.05, 4.69) is 20.0 Å². The van der Waals surface area contributed by atoms with E-state index in [0.717, 1.165) is 6.42 Å². The smallest absolute Gasteiger partial charge is 0.376 e. The molecular formula is C13H17N3O4. The molecule has 0 aromatic carbocycles. The first-order valence-corrected chi connectivity index (χ1v) is 6.43. The van der Waals surface area contributed by atoms with Gasteiger partial charge in [0.05, 0.1) is 13.0 Å². The summed E-state index contributed by atoms with van der Waals surface area (Å²) in [6.07, 6.45) is 1.99. The molecule has 2 N–H and O–H groups in total. The summed E-state index contributed by atoms with van der Waals surface area (Å²) in [4.78, 5) is 30.5. The van der Waals surface area contributed by atoms with Gasteiger partial charge in [0.2, 0.25) is 5.82 Å². The maximum absolute atomic E-state index is 11.4. The van der Waals surface area contributed by atoms with Gasteiger partial charge in [-0.25, -0.2) is 14.8 Å². The first-order chi connectivity index (χ1) is 9.49. The summed E-state index contributed by atoms with van der Waals surface area (Å²) in [7, 11) is 1.27. The van der Waals surface area contributed by atoms with Gasteiger partial charge in [0.1, 0.15) is 5.82 Å². The van der Waals surface area contributed by atoms with Gasteiger partial charge in [-0.1, -0.05) is 0 Å². The Morgan fingerprint density at radius 2 is 2.15 bits per heavy atom. The van der Waals surface area contributed by atoms with Gasteiger partial charge in [-0.05, 0) is 26.2 Å². The maximum atomic E-state index is 11.4. The van der Waals surface area contributed by atoms with E-state index in [1.807, 2.05) is 0 Å². The Bertz CT molecular complexity index is 532. The van der Waals surface area contributed by atoms with Crippen LogP contribution in [0.3, 0.4) is 0 Å². The normalized spacial score (nSPS) is 21.5. The van der Waals surface area contributed by atoms with Gasteiger partial charge in [0, 0.05) is 17.8 Å². The Hall–Kier alpha value is -2.18. The fourth-order valence-electron chi connectivity index (χ4n) is 2.37. The number of esters is 1. The van der Waals surface area contributed by atoms with Gasteiger partial charge < -0.3 is 15.2 Å². The van der Waals surface area contributed by atoms with Crippen molar-refractivity contribution in [3.8, 4) is 0 Å². The fourth-order valence-corrected chi connectivity index (χ4v) is 2.37. The van der Waals surface area contributed by atoms with Crippen LogP contribution < -0.4 is 5.32 Å². The summed E-state index contributed by atoms with van der Waals surface area (Å²) < 4.78 is 4.60. The van der Waals surface area contributed by atoms with Gasteiger partial charge in [0.15, 0.2) is 0 Å². The average Bonchev–Trinajstić information content (AvgIpc) is 2.85. The number of aryl methyl sites for hydroxylation is 1. The monoisotopic (exact) mass is 279 g/mol. The standard InChI is InChI=1S/C13H17N3O4/c1-7-5-10(16-11(14-7)13(19)20-2)15-9-4-3-8(6-9)12(17)18/h5,8-9H,3-4,6H2,1-2H3,(H,17,18)(H,14,15,16)/t8-,9+/m1/s1. The number of nitrogens with zero attached hydrogens (tertiary/aromatic N) is 2. The lowest BCUT2D eigenvalue weighted by Crippen LogP contribution is -2.20. The topological polar surface area (TPSA) is 101 Å². The number of hydrogen-bond acceptors (Lipinski definition) is 6. The molecule has 1 fully saturated rings. The highest BCUT2D eigenvalue weighted by atomic mass is 16.5. The van der Waals surface area contributed by atoms with Gasteiger partial charge in [-0.15, -0.1) is 0 Å². The molecule has 0 spiro atoms. The van der Waals surface area contributed by atoms with E-state index in [1.165, 1.54) is 7.11 Å². The Kier molecular flexibility index (Phi) is 4.16. The molecule has 1 saturated carbocycles. The van der Waals surface area contributed by atoms with Gasteiger partial charge in [0.25, 0.3) is 0 Å². The molecule has 2 rings (SSSR count). The first kappa shape index (κ1) is 14.2. The molecule has 1 aliphatic rings. The molecule has 0 saturated heterocycles. The number of anilines is 1. The molecule has 1 aliphatic carbocycles. The third kappa shape index (κ3) is 3.23. The molecule has 2 atom stereocenters. The van der Waals surface area contributed by atoms with Gasteiger partial charge in [-0.3, -0.25) is 4.79 Å². The number of rotatable bonds is 4. The molecule has 0 amide bonds. The zero-order chi connectivity index (χ0) is 14.7. The summed E-state index contributed by atoms with van der Waals surface area (Å²) in [6.45, 7) is 1.76. The van der Waals surface area contributed by atoms with Crippen LogP contribution in [0.2, 0.25) is 0 Å². The van der Waals surface area contributed by atoms with Crippen molar-refractivity contribution in [3.63, 3.8) is 0 Å². The Labute approximate surface area is 116 Å². The van der Waals surface area contributed by atoms with Crippen molar-refractivity contribution in [1.82, 2.24) is 9.97 Å². The minimum Gasteiger partial charge on any atom is -0.481 e. The lowest BCUT2D eigenvalue weighted by Gasteiger charge is -2.14. The second-order valence-corrected chi connectivity index (χ2v) is 4.90. The van der Waals surface area contributed by atoms with Crippen LogP contribution in [0.4, 0.5) is 5.82 Å². The van der Waals surface area contributed by atoms with Crippen LogP contribution in [0.5, 0.6) is 0 Å². The molecule has 0 bridgehead atoms. The van der Waals surface area contributed by atoms with Crippen molar-refractivity contribution >= 4 is 17.8 Å². The summed E-state index contributed by atoms with van der Waals surface area (Å²) in [5.41, 5.74) is 0.649. The number of aromatic nitrogens is 2. The van der Waals surface area contributed by atoms with Crippen LogP contribution in [-0.2, 0) is 9.53 Å². The molecule has 7 nitrogen and oxygen atoms in total. The third-order valence-corrected chi connectivity index (χ3v) is 3.36. The summed E-state index contributed by atoms with van der Waals surface area (Å²) in [5.74, 6) is -1.14. The second kappa shape index (κ2) is 5.85. The highest BCUT2D eigenvalue weighted by molar-refractivity contribution is 5.85. The quantitative estimate of drug-likeness (QED) is 0.799. The van der Waals surface area contributed by atoms with Crippen LogP contribution in [0.25, 0.3) is 0 Å². The van der Waals surface area contributed by atoms with Crippen LogP contribution in [0, 0.1) is 12.8 Å². The van der Waals surface area contributed by atoms with Crippen LogP contribution in [-0.4, -0.2) is 40.2 Å². The minimum absolute atomic E-state index is 0.00258. The largest absolute Gasteiger partial charge is 0.481 e. The Balaban J connectivity index is 2.08. The predicted molar refractivity (Wildman–Crippen MR) is 70.5 cm³/mol. The zero-order valence-electron chi connectivity index (χ0n) is 11.4. The molecule has 1 aromatic rings. The van der Waals surface area contributed by atoms with Crippen LogP contribution in [0.15, 0.2) is 6.07 Å². The van der Waals surface area contributed by atoms with E-state index in [-0.39, 0.29) is 17.8 Å². The van der Waals surface area contributed by atoms with Crippen molar-refractivity contribution in [2.75, 3.05) is 12.4 Å². The molecule has 1 heterocycles. The highest BCUT2D eigenvalue weighted by Gasteiger charge is 2.29. The van der Waals surface area contributed by atoms with E-state index in [9.17, 15) is 9.59 Å². The lowest BCUT2D eigenvalue weighted by molar-refractivity contribution is -0.141. The number of carbonyl (C=O) groups excluding carboxylic acids is 1. The lowest BCUT2D eigenvalue weighted by atomic mass is 10.1. The van der Waals surface area contributed by atoms with E-state index in [4.69, 9.17) is 5.11 Å². The van der Waals surface area contributed by atoms with Crippen molar-refractivity contribution < 1.29 is 19.4 Å². The number of carboxylic acids is 1. The number of aliphatic carboxylic acids is 1. The first-order valence-electron chi connectivity index (χ1n) is 6.43. The Morgan fingerprint density at radius 3 is 2.75 bits per heavy atom. The number of carboxylic acid groups (broad SMARTS) is 1. The molecule has 0 radical (unpaired) electrons. The number of carbonyl (C=O) groups is 2. The molecule has 7 heteroatoms. The summed E-state index contributed by atoms with van der Waals surface area (Å²) in [5, 5.41) is 12.1. The second-order valence-electron chi connectivity index (χ2n) is 4.90. The number of hydrogen-bond donors (Lipinski definition) is 2. The maximum Gasteiger partial charge on any atom is 0.376 e. The molecule has 20 heavy (non-hydrogen) atoms. The zero-order valence-corrected chi connectivity index (χ0v) is 11.4. The summed E-state index contributed by atoms with van der Waals surface area (Å²) in [6, 6.07) is 1.77. The van der Waals surface area contributed by atoms with E-state index < -0.39 is 11.9 Å². The average molecular weight is 279 g/mol. The van der Waals surface area contributed by atoms with Crippen molar-refractivity contribution in [3.05, 3.63) is 17.6 Å². The van der Waals surface area contributed by atoms with Crippen LogP contribution in [0.1, 0.15) is 35.6 Å². The summed E-state index contributed by atoms with van der Waals surface area (Å²) >= 11 is 0. The van der Waals surface area contributed by atoms with Crippen molar-refractivity contribution in [2.24, 2.45) is 5.92 Å². The molecule has 0 aliphatic heterocycles. The number of ether oxygens (including phenoxy) is 1. The molecule has 0 unspecified atom stereocenters. The third-order valence-electron chi connectivity index (χ3n) is 3.36. The molecular weight excluding hydrogens is 262 g/mol. The van der Waals surface area contributed by atoms with E-state index in [0.29, 0.717) is 24.4 Å².